The van der Waals surface area contributed by atoms with Gasteiger partial charge < -0.3 is 15.3 Å². The van der Waals surface area contributed by atoms with Crippen molar-refractivity contribution in [2.24, 2.45) is 0 Å². The van der Waals surface area contributed by atoms with Crippen molar-refractivity contribution in [3.8, 4) is 0 Å². The highest BCUT2D eigenvalue weighted by molar-refractivity contribution is 6.37. The minimum absolute atomic E-state index is 0.233. The molecule has 0 aromatic rings. The summed E-state index contributed by atoms with van der Waals surface area (Å²) in [6, 6.07) is 0. The van der Waals surface area contributed by atoms with Crippen molar-refractivity contribution in [3.05, 3.63) is 25.3 Å². The molecule has 0 fully saturated rings. The summed E-state index contributed by atoms with van der Waals surface area (Å²) < 4.78 is 0. The van der Waals surface area contributed by atoms with Gasteiger partial charge in [-0.2, -0.15) is 0 Å². The average molecular weight is 188 g/mol. The van der Waals surface area contributed by atoms with E-state index in [0.717, 1.165) is 6.08 Å². The monoisotopic (exact) mass is 188 g/mol. The molecular weight excluding hydrogens is 176 g/mol. The van der Waals surface area contributed by atoms with Gasteiger partial charge >= 0.3 is 5.97 Å². The molecule has 5 nitrogen and oxygen atoms in total. The van der Waals surface area contributed by atoms with Gasteiger partial charge in [0.1, 0.15) is 0 Å². The third-order valence-corrected chi connectivity index (χ3v) is 0.855. The molecule has 74 valence electrons. The molecule has 13 heavy (non-hydrogen) atoms. The van der Waals surface area contributed by atoms with Gasteiger partial charge in [-0.15, -0.1) is 6.58 Å². The summed E-state index contributed by atoms with van der Waals surface area (Å²) in [5, 5.41) is 24.1. The maximum absolute atomic E-state index is 9.79. The maximum Gasteiger partial charge on any atom is 0.376 e. The number of carbonyl (C=O) groups excluding carboxylic acids is 1. The zero-order valence-electron chi connectivity index (χ0n) is 7.01. The zero-order chi connectivity index (χ0) is 10.9. The van der Waals surface area contributed by atoms with Gasteiger partial charge in [-0.05, 0) is 6.08 Å². The maximum atomic E-state index is 9.79. The molecule has 0 rings (SSSR count). The summed E-state index contributed by atoms with van der Waals surface area (Å²) in [4.78, 5) is 19.3. The van der Waals surface area contributed by atoms with Crippen LogP contribution in [0, 0.1) is 0 Å². The number of aliphatic hydroxyl groups excluding tert-OH is 2. The van der Waals surface area contributed by atoms with Gasteiger partial charge in [-0.25, -0.2) is 4.79 Å². The van der Waals surface area contributed by atoms with Crippen LogP contribution in [0.25, 0.3) is 0 Å². The van der Waals surface area contributed by atoms with Gasteiger partial charge in [0.25, 0.3) is 5.78 Å². The third kappa shape index (κ3) is 10.5. The van der Waals surface area contributed by atoms with Crippen LogP contribution in [-0.2, 0) is 9.59 Å². The second kappa shape index (κ2) is 8.63. The van der Waals surface area contributed by atoms with E-state index >= 15 is 0 Å². The molecule has 0 saturated carbocycles. The van der Waals surface area contributed by atoms with Crippen LogP contribution in [0.2, 0.25) is 0 Å². The van der Waals surface area contributed by atoms with Crippen molar-refractivity contribution < 1.29 is 24.9 Å². The second-order valence-electron chi connectivity index (χ2n) is 1.86. The van der Waals surface area contributed by atoms with Crippen molar-refractivity contribution in [2.45, 2.75) is 6.10 Å². The van der Waals surface area contributed by atoms with Crippen LogP contribution in [0.3, 0.4) is 0 Å². The summed E-state index contributed by atoms with van der Waals surface area (Å²) in [7, 11) is 0. The van der Waals surface area contributed by atoms with Crippen LogP contribution in [0.4, 0.5) is 0 Å². The highest BCUT2D eigenvalue weighted by Crippen LogP contribution is 1.75. The van der Waals surface area contributed by atoms with Crippen molar-refractivity contribution >= 4 is 11.8 Å². The topological polar surface area (TPSA) is 94.8 Å². The fourth-order valence-electron chi connectivity index (χ4n) is 0.162. The lowest BCUT2D eigenvalue weighted by atomic mass is 10.4. The quantitative estimate of drug-likeness (QED) is 0.309. The number of hydrogen-bond acceptors (Lipinski definition) is 4. The van der Waals surface area contributed by atoms with Crippen molar-refractivity contribution in [2.75, 3.05) is 6.61 Å². The first-order valence-corrected chi connectivity index (χ1v) is 3.30. The molecule has 0 aromatic heterocycles. The lowest BCUT2D eigenvalue weighted by molar-refractivity contribution is -0.146. The summed E-state index contributed by atoms with van der Waals surface area (Å²) in [6.07, 6.45) is 1.28. The molecule has 0 aliphatic carbocycles. The van der Waals surface area contributed by atoms with Crippen LogP contribution in [0.1, 0.15) is 0 Å². The van der Waals surface area contributed by atoms with Crippen LogP contribution >= 0.6 is 0 Å². The summed E-state index contributed by atoms with van der Waals surface area (Å²) in [5.41, 5.74) is 0. The fourth-order valence-corrected chi connectivity index (χ4v) is 0.162. The lowest BCUT2D eigenvalue weighted by Crippen LogP contribution is -2.07. The van der Waals surface area contributed by atoms with Gasteiger partial charge in [0.05, 0.1) is 12.7 Å². The van der Waals surface area contributed by atoms with E-state index in [1.165, 1.54) is 6.08 Å². The Hall–Kier alpha value is -1.46. The number of aliphatic carboxylic acids is 1. The number of ketones is 1. The van der Waals surface area contributed by atoms with Crippen LogP contribution in [0.15, 0.2) is 25.3 Å². The van der Waals surface area contributed by atoms with E-state index in [4.69, 9.17) is 15.3 Å². The number of hydrogen-bond donors (Lipinski definition) is 3. The second-order valence-corrected chi connectivity index (χ2v) is 1.86. The summed E-state index contributed by atoms with van der Waals surface area (Å²) in [6.45, 7) is 5.94. The molecule has 3 N–H and O–H groups in total. The molecule has 0 spiro atoms. The van der Waals surface area contributed by atoms with Gasteiger partial charge in [0, 0.05) is 0 Å². The number of rotatable bonds is 4. The Labute approximate surface area is 75.6 Å². The molecule has 0 heterocycles. The SMILES string of the molecule is C=CC(=O)C(=O)O.C=CC(O)CO. The molecule has 0 saturated heterocycles. The minimum atomic E-state index is -1.46. The van der Waals surface area contributed by atoms with E-state index in [0.29, 0.717) is 0 Å². The molecular formula is C8H12O5. The third-order valence-electron chi connectivity index (χ3n) is 0.855. The standard InChI is InChI=1S/C4H4O3.C4H8O2/c1-2-3(5)4(6)7;1-2-4(6)3-5/h2H,1H2,(H,6,7);2,4-6H,1,3H2. The molecule has 0 aromatic carbocycles. The zero-order valence-corrected chi connectivity index (χ0v) is 7.01. The number of carboxylic acid groups (broad SMARTS) is 1. The Bertz CT molecular complexity index is 197. The fraction of sp³-hybridized carbons (Fsp3) is 0.250. The van der Waals surface area contributed by atoms with E-state index in [9.17, 15) is 9.59 Å². The Kier molecular flexibility index (Phi) is 9.36. The average Bonchev–Trinajstić information content (AvgIpc) is 2.16. The number of carboxylic acids is 1. The molecule has 1 unspecified atom stereocenters. The summed E-state index contributed by atoms with van der Waals surface area (Å²) in [5.74, 6) is -2.44. The smallest absolute Gasteiger partial charge is 0.376 e. The molecule has 0 radical (unpaired) electrons. The van der Waals surface area contributed by atoms with Crippen LogP contribution < -0.4 is 0 Å². The first-order chi connectivity index (χ1) is 5.99. The highest BCUT2D eigenvalue weighted by atomic mass is 16.4. The Balaban J connectivity index is 0. The predicted octanol–water partition coefficient (Wildman–Crippen LogP) is -0.648. The van der Waals surface area contributed by atoms with E-state index in [-0.39, 0.29) is 6.61 Å². The van der Waals surface area contributed by atoms with Gasteiger partial charge in [0.15, 0.2) is 0 Å². The molecule has 0 aliphatic heterocycles. The first kappa shape index (κ1) is 14.1. The molecule has 0 bridgehead atoms. The van der Waals surface area contributed by atoms with E-state index in [1.807, 2.05) is 0 Å². The normalized spacial score (nSPS) is 10.3. The Morgan fingerprint density at radius 3 is 1.85 bits per heavy atom. The van der Waals surface area contributed by atoms with Gasteiger partial charge in [0.2, 0.25) is 0 Å². The number of carbonyl (C=O) groups is 2. The summed E-state index contributed by atoms with van der Waals surface area (Å²) >= 11 is 0. The molecule has 0 amide bonds. The molecule has 1 atom stereocenters. The lowest BCUT2D eigenvalue weighted by Gasteiger charge is -1.93. The van der Waals surface area contributed by atoms with Crippen LogP contribution in [-0.4, -0.2) is 39.8 Å². The molecule has 0 aliphatic rings. The van der Waals surface area contributed by atoms with Crippen molar-refractivity contribution in [1.29, 1.82) is 0 Å². The Morgan fingerprint density at radius 2 is 1.85 bits per heavy atom. The van der Waals surface area contributed by atoms with Crippen molar-refractivity contribution in [3.63, 3.8) is 0 Å². The van der Waals surface area contributed by atoms with Crippen LogP contribution in [0.5, 0.6) is 0 Å². The Morgan fingerprint density at radius 1 is 1.38 bits per heavy atom. The van der Waals surface area contributed by atoms with Gasteiger partial charge in [-0.3, -0.25) is 4.79 Å². The predicted molar refractivity (Wildman–Crippen MR) is 46.1 cm³/mol. The number of aliphatic hydroxyl groups is 2. The van der Waals surface area contributed by atoms with E-state index in [1.54, 1.807) is 0 Å². The van der Waals surface area contributed by atoms with E-state index < -0.39 is 17.9 Å². The highest BCUT2D eigenvalue weighted by Gasteiger charge is 2.02. The molecule has 5 heteroatoms. The first-order valence-electron chi connectivity index (χ1n) is 3.30. The minimum Gasteiger partial charge on any atom is -0.475 e. The van der Waals surface area contributed by atoms with Gasteiger partial charge in [-0.1, -0.05) is 12.7 Å². The van der Waals surface area contributed by atoms with E-state index in [2.05, 4.69) is 13.2 Å². The van der Waals surface area contributed by atoms with Crippen molar-refractivity contribution in [1.82, 2.24) is 0 Å². The largest absolute Gasteiger partial charge is 0.475 e.